The van der Waals surface area contributed by atoms with E-state index in [1.54, 1.807) is 0 Å². The highest BCUT2D eigenvalue weighted by Gasteiger charge is 2.49. The number of rotatable bonds is 1. The lowest BCUT2D eigenvalue weighted by Crippen LogP contribution is -2.43. The van der Waals surface area contributed by atoms with Gasteiger partial charge >= 0.3 is 0 Å². The van der Waals surface area contributed by atoms with Gasteiger partial charge in [0, 0.05) is 22.4 Å². The Morgan fingerprint density at radius 2 is 1.71 bits per heavy atom. The molecule has 1 aliphatic rings. The van der Waals surface area contributed by atoms with Crippen LogP contribution in [0.3, 0.4) is 0 Å². The molecule has 0 bridgehead atoms. The number of furan rings is 1. The summed E-state index contributed by atoms with van der Waals surface area (Å²) in [7, 11) is 0. The van der Waals surface area contributed by atoms with E-state index < -0.39 is 0 Å². The third-order valence-corrected chi connectivity index (χ3v) is 6.02. The normalized spacial score (nSPS) is 22.6. The van der Waals surface area contributed by atoms with E-state index in [1.165, 1.54) is 28.4 Å². The van der Waals surface area contributed by atoms with Gasteiger partial charge in [-0.25, -0.2) is 0 Å². The molecule has 1 saturated heterocycles. The Kier molecular flexibility index (Phi) is 3.10. The van der Waals surface area contributed by atoms with Crippen molar-refractivity contribution in [3.8, 4) is 0 Å². The van der Waals surface area contributed by atoms with E-state index in [2.05, 4.69) is 76.8 Å². The fourth-order valence-corrected chi connectivity index (χ4v) is 4.89. The van der Waals surface area contributed by atoms with Crippen LogP contribution < -0.4 is 4.90 Å². The number of hydrogen-bond acceptors (Lipinski definition) is 2. The lowest BCUT2D eigenvalue weighted by atomic mass is 9.82. The molecule has 0 unspecified atom stereocenters. The van der Waals surface area contributed by atoms with Crippen LogP contribution in [0.4, 0.5) is 5.69 Å². The summed E-state index contributed by atoms with van der Waals surface area (Å²) in [6.07, 6.45) is 1.18. The Labute approximate surface area is 144 Å². The highest BCUT2D eigenvalue weighted by Crippen LogP contribution is 2.51. The van der Waals surface area contributed by atoms with E-state index in [9.17, 15) is 0 Å². The molecule has 24 heavy (non-hydrogen) atoms. The third kappa shape index (κ3) is 2.02. The monoisotopic (exact) mass is 321 g/mol. The van der Waals surface area contributed by atoms with Crippen LogP contribution in [0.25, 0.3) is 21.9 Å². The molecular weight excluding hydrogens is 294 g/mol. The van der Waals surface area contributed by atoms with Crippen molar-refractivity contribution in [2.75, 3.05) is 4.90 Å². The zero-order chi connectivity index (χ0) is 17.3. The van der Waals surface area contributed by atoms with Gasteiger partial charge in [-0.1, -0.05) is 44.2 Å². The second-order valence-electron chi connectivity index (χ2n) is 8.73. The van der Waals surface area contributed by atoms with Gasteiger partial charge in [0.05, 0.1) is 5.69 Å². The average Bonchev–Trinajstić information content (AvgIpc) is 2.93. The highest BCUT2D eigenvalue weighted by molar-refractivity contribution is 6.09. The average molecular weight is 321 g/mol. The standard InChI is InChI=1S/C22H27NO/c1-14-11-12-17-16-9-7-8-10-18(16)24-20(17)19(14)23-15(2)21(3,4)13-22(23,5)6/h7-12,15H,13H2,1-6H3/t15-/m0/s1. The Morgan fingerprint density at radius 3 is 2.38 bits per heavy atom. The molecule has 126 valence electrons. The molecule has 0 saturated carbocycles. The Hall–Kier alpha value is -1.96. The first-order valence-electron chi connectivity index (χ1n) is 8.92. The maximum Gasteiger partial charge on any atom is 0.158 e. The fraction of sp³-hybridized carbons (Fsp3) is 0.455. The molecular formula is C22H27NO. The third-order valence-electron chi connectivity index (χ3n) is 6.02. The molecule has 0 aliphatic carbocycles. The number of anilines is 1. The van der Waals surface area contributed by atoms with Crippen LogP contribution in [-0.4, -0.2) is 11.6 Å². The van der Waals surface area contributed by atoms with Crippen molar-refractivity contribution in [1.29, 1.82) is 0 Å². The van der Waals surface area contributed by atoms with Gasteiger partial charge in [-0.05, 0) is 51.2 Å². The van der Waals surface area contributed by atoms with E-state index in [-0.39, 0.29) is 11.0 Å². The first-order valence-corrected chi connectivity index (χ1v) is 8.92. The molecule has 2 heterocycles. The van der Waals surface area contributed by atoms with Gasteiger partial charge in [-0.15, -0.1) is 0 Å². The topological polar surface area (TPSA) is 16.4 Å². The van der Waals surface area contributed by atoms with E-state index >= 15 is 0 Å². The minimum absolute atomic E-state index is 0.112. The number of hydrogen-bond donors (Lipinski definition) is 0. The SMILES string of the molecule is Cc1ccc2c(oc3ccccc32)c1N1[C@@H](C)C(C)(C)CC1(C)C. The molecule has 2 heteroatoms. The summed E-state index contributed by atoms with van der Waals surface area (Å²) in [5, 5.41) is 2.43. The Bertz CT molecular complexity index is 932. The first-order chi connectivity index (χ1) is 11.2. The van der Waals surface area contributed by atoms with Crippen molar-refractivity contribution in [1.82, 2.24) is 0 Å². The molecule has 4 rings (SSSR count). The van der Waals surface area contributed by atoms with E-state index in [0.717, 1.165) is 11.2 Å². The lowest BCUT2D eigenvalue weighted by Gasteiger charge is -2.38. The fourth-order valence-electron chi connectivity index (χ4n) is 4.89. The van der Waals surface area contributed by atoms with Crippen LogP contribution in [0.5, 0.6) is 0 Å². The second-order valence-corrected chi connectivity index (χ2v) is 8.73. The van der Waals surface area contributed by atoms with E-state index in [0.29, 0.717) is 6.04 Å². The summed E-state index contributed by atoms with van der Waals surface area (Å²) >= 11 is 0. The summed E-state index contributed by atoms with van der Waals surface area (Å²) in [6, 6.07) is 13.3. The number of fused-ring (bicyclic) bond motifs is 3. The molecule has 3 aromatic rings. The molecule has 1 aromatic heterocycles. The number of aryl methyl sites for hydroxylation is 1. The maximum atomic E-state index is 6.34. The van der Waals surface area contributed by atoms with Crippen LogP contribution >= 0.6 is 0 Å². The van der Waals surface area contributed by atoms with Crippen LogP contribution in [-0.2, 0) is 0 Å². The van der Waals surface area contributed by atoms with Gasteiger partial charge in [0.15, 0.2) is 5.58 Å². The van der Waals surface area contributed by atoms with Crippen LogP contribution in [0.2, 0.25) is 0 Å². The minimum atomic E-state index is 0.112. The number of benzene rings is 2. The summed E-state index contributed by atoms with van der Waals surface area (Å²) in [5.41, 5.74) is 4.97. The van der Waals surface area contributed by atoms with Crippen molar-refractivity contribution in [3.63, 3.8) is 0 Å². The number of nitrogens with zero attached hydrogens (tertiary/aromatic N) is 1. The van der Waals surface area contributed by atoms with Crippen LogP contribution in [0, 0.1) is 12.3 Å². The van der Waals surface area contributed by atoms with Gasteiger partial charge in [-0.2, -0.15) is 0 Å². The highest BCUT2D eigenvalue weighted by atomic mass is 16.3. The lowest BCUT2D eigenvalue weighted by molar-refractivity contribution is 0.329. The van der Waals surface area contributed by atoms with Gasteiger partial charge in [0.25, 0.3) is 0 Å². The van der Waals surface area contributed by atoms with Crippen molar-refractivity contribution in [3.05, 3.63) is 42.0 Å². The quantitative estimate of drug-likeness (QED) is 0.523. The van der Waals surface area contributed by atoms with Gasteiger partial charge in [0.1, 0.15) is 5.58 Å². The summed E-state index contributed by atoms with van der Waals surface area (Å²) in [4.78, 5) is 2.60. The minimum Gasteiger partial charge on any atom is -0.454 e. The first kappa shape index (κ1) is 15.6. The van der Waals surface area contributed by atoms with Crippen molar-refractivity contribution in [2.24, 2.45) is 5.41 Å². The Balaban J connectivity index is 2.04. The van der Waals surface area contributed by atoms with Crippen molar-refractivity contribution in [2.45, 2.75) is 59.5 Å². The predicted octanol–water partition coefficient (Wildman–Crippen LogP) is 6.30. The van der Waals surface area contributed by atoms with Gasteiger partial charge in [0.2, 0.25) is 0 Å². The smallest absolute Gasteiger partial charge is 0.158 e. The molecule has 0 N–H and O–H groups in total. The maximum absolute atomic E-state index is 6.34. The molecule has 0 radical (unpaired) electrons. The van der Waals surface area contributed by atoms with Crippen LogP contribution in [0.1, 0.15) is 46.6 Å². The number of para-hydroxylation sites is 1. The van der Waals surface area contributed by atoms with Crippen molar-refractivity contribution >= 4 is 27.6 Å². The zero-order valence-corrected chi connectivity index (χ0v) is 15.6. The molecule has 1 atom stereocenters. The van der Waals surface area contributed by atoms with Crippen LogP contribution in [0.15, 0.2) is 40.8 Å². The zero-order valence-electron chi connectivity index (χ0n) is 15.6. The molecule has 1 fully saturated rings. The molecule has 0 spiro atoms. The Morgan fingerprint density at radius 1 is 1.00 bits per heavy atom. The largest absolute Gasteiger partial charge is 0.454 e. The molecule has 1 aliphatic heterocycles. The molecule has 2 nitrogen and oxygen atoms in total. The van der Waals surface area contributed by atoms with Gasteiger partial charge < -0.3 is 9.32 Å². The van der Waals surface area contributed by atoms with Gasteiger partial charge in [-0.3, -0.25) is 0 Å². The molecule has 2 aromatic carbocycles. The summed E-state index contributed by atoms with van der Waals surface area (Å²) < 4.78 is 6.34. The van der Waals surface area contributed by atoms with Crippen molar-refractivity contribution < 1.29 is 4.42 Å². The predicted molar refractivity (Wildman–Crippen MR) is 103 cm³/mol. The summed E-state index contributed by atoms with van der Waals surface area (Å²) in [5.74, 6) is 0. The second kappa shape index (κ2) is 4.78. The summed E-state index contributed by atoms with van der Waals surface area (Å²) in [6.45, 7) is 14.0. The van der Waals surface area contributed by atoms with E-state index in [1.807, 2.05) is 6.07 Å². The molecule has 0 amide bonds. The van der Waals surface area contributed by atoms with E-state index in [4.69, 9.17) is 4.42 Å².